The lowest BCUT2D eigenvalue weighted by atomic mass is 9.97. The van der Waals surface area contributed by atoms with Gasteiger partial charge in [-0.1, -0.05) is 48.0 Å². The Balaban J connectivity index is 1.93. The summed E-state index contributed by atoms with van der Waals surface area (Å²) in [6.45, 7) is 2.00. The van der Waals surface area contributed by atoms with E-state index in [0.717, 1.165) is 11.1 Å². The van der Waals surface area contributed by atoms with Crippen LogP contribution in [0.15, 0.2) is 54.6 Å². The van der Waals surface area contributed by atoms with Crippen LogP contribution in [0, 0.1) is 6.92 Å². The average Bonchev–Trinajstić information content (AvgIpc) is 2.76. The monoisotopic (exact) mass is 265 g/mol. The van der Waals surface area contributed by atoms with E-state index in [9.17, 15) is 9.59 Å². The molecule has 0 bridgehead atoms. The van der Waals surface area contributed by atoms with Crippen molar-refractivity contribution in [1.82, 2.24) is 0 Å². The maximum absolute atomic E-state index is 12.5. The van der Waals surface area contributed by atoms with E-state index in [2.05, 4.69) is 0 Å². The summed E-state index contributed by atoms with van der Waals surface area (Å²) in [5.74, 6) is -0.625. The molecule has 3 rings (SSSR count). The molecule has 1 unspecified atom stereocenters. The predicted octanol–water partition coefficient (Wildman–Crippen LogP) is 3.04. The average molecular weight is 265 g/mol. The number of nitrogens with zero attached hydrogens (tertiary/aromatic N) is 1. The number of amides is 2. The van der Waals surface area contributed by atoms with Gasteiger partial charge >= 0.3 is 0 Å². The lowest BCUT2D eigenvalue weighted by Gasteiger charge is -2.15. The molecule has 1 fully saturated rings. The van der Waals surface area contributed by atoms with Crippen molar-refractivity contribution in [2.75, 3.05) is 4.90 Å². The minimum Gasteiger partial charge on any atom is -0.274 e. The zero-order valence-electron chi connectivity index (χ0n) is 11.2. The molecule has 3 heteroatoms. The number of anilines is 1. The van der Waals surface area contributed by atoms with Crippen molar-refractivity contribution in [3.05, 3.63) is 65.7 Å². The third-order valence-electron chi connectivity index (χ3n) is 3.64. The summed E-state index contributed by atoms with van der Waals surface area (Å²) < 4.78 is 0. The molecule has 20 heavy (non-hydrogen) atoms. The van der Waals surface area contributed by atoms with Gasteiger partial charge in [-0.05, 0) is 24.6 Å². The first-order chi connectivity index (χ1) is 9.66. The molecule has 0 aromatic heterocycles. The lowest BCUT2D eigenvalue weighted by molar-refractivity contribution is -0.121. The second-order valence-corrected chi connectivity index (χ2v) is 5.07. The van der Waals surface area contributed by atoms with E-state index in [-0.39, 0.29) is 24.2 Å². The summed E-state index contributed by atoms with van der Waals surface area (Å²) in [5.41, 5.74) is 2.70. The Morgan fingerprint density at radius 1 is 0.950 bits per heavy atom. The fourth-order valence-corrected chi connectivity index (χ4v) is 2.54. The summed E-state index contributed by atoms with van der Waals surface area (Å²) in [6.07, 6.45) is 0.247. The molecule has 1 aliphatic rings. The van der Waals surface area contributed by atoms with Gasteiger partial charge in [0.25, 0.3) is 0 Å². The van der Waals surface area contributed by atoms with Crippen LogP contribution in [-0.2, 0) is 9.59 Å². The SMILES string of the molecule is Cc1ccc(C2CC(=O)N(c3ccccc3)C2=O)cc1. The van der Waals surface area contributed by atoms with Crippen LogP contribution in [0.4, 0.5) is 5.69 Å². The molecule has 0 aliphatic carbocycles. The Hall–Kier alpha value is -2.42. The maximum Gasteiger partial charge on any atom is 0.241 e. The molecule has 0 spiro atoms. The smallest absolute Gasteiger partial charge is 0.241 e. The molecule has 1 aliphatic heterocycles. The van der Waals surface area contributed by atoms with E-state index in [4.69, 9.17) is 0 Å². The summed E-state index contributed by atoms with van der Waals surface area (Å²) in [5, 5.41) is 0. The van der Waals surface area contributed by atoms with Gasteiger partial charge in [0.2, 0.25) is 11.8 Å². The van der Waals surface area contributed by atoms with E-state index in [1.165, 1.54) is 4.90 Å². The molecular formula is C17H15NO2. The van der Waals surface area contributed by atoms with Crippen molar-refractivity contribution >= 4 is 17.5 Å². The molecule has 1 atom stereocenters. The zero-order valence-corrected chi connectivity index (χ0v) is 11.2. The van der Waals surface area contributed by atoms with Crippen LogP contribution in [0.3, 0.4) is 0 Å². The molecular weight excluding hydrogens is 250 g/mol. The zero-order chi connectivity index (χ0) is 14.1. The van der Waals surface area contributed by atoms with E-state index < -0.39 is 0 Å². The highest BCUT2D eigenvalue weighted by Crippen LogP contribution is 2.32. The van der Waals surface area contributed by atoms with Gasteiger partial charge in [-0.15, -0.1) is 0 Å². The first-order valence-electron chi connectivity index (χ1n) is 6.65. The Morgan fingerprint density at radius 3 is 2.25 bits per heavy atom. The van der Waals surface area contributed by atoms with E-state index in [0.29, 0.717) is 5.69 Å². The molecule has 2 aromatic rings. The van der Waals surface area contributed by atoms with Crippen molar-refractivity contribution in [3.63, 3.8) is 0 Å². The molecule has 0 N–H and O–H groups in total. The van der Waals surface area contributed by atoms with Crippen LogP contribution in [-0.4, -0.2) is 11.8 Å². The third-order valence-corrected chi connectivity index (χ3v) is 3.64. The quantitative estimate of drug-likeness (QED) is 0.783. The molecule has 100 valence electrons. The van der Waals surface area contributed by atoms with Crippen molar-refractivity contribution < 1.29 is 9.59 Å². The largest absolute Gasteiger partial charge is 0.274 e. The van der Waals surface area contributed by atoms with Crippen LogP contribution >= 0.6 is 0 Å². The molecule has 2 amide bonds. The predicted molar refractivity (Wildman–Crippen MR) is 77.5 cm³/mol. The van der Waals surface area contributed by atoms with Gasteiger partial charge in [-0.2, -0.15) is 0 Å². The summed E-state index contributed by atoms with van der Waals surface area (Å²) in [6, 6.07) is 16.9. The first-order valence-corrected chi connectivity index (χ1v) is 6.65. The number of hydrogen-bond acceptors (Lipinski definition) is 2. The maximum atomic E-state index is 12.5. The van der Waals surface area contributed by atoms with E-state index >= 15 is 0 Å². The molecule has 0 radical (unpaired) electrons. The normalized spacial score (nSPS) is 18.6. The van der Waals surface area contributed by atoms with Gasteiger partial charge in [-0.3, -0.25) is 14.5 Å². The second kappa shape index (κ2) is 4.93. The van der Waals surface area contributed by atoms with Crippen molar-refractivity contribution in [3.8, 4) is 0 Å². The minimum atomic E-state index is -0.358. The van der Waals surface area contributed by atoms with E-state index in [1.54, 1.807) is 12.1 Å². The summed E-state index contributed by atoms with van der Waals surface area (Å²) >= 11 is 0. The fourth-order valence-electron chi connectivity index (χ4n) is 2.54. The molecule has 0 saturated carbocycles. The molecule has 2 aromatic carbocycles. The fraction of sp³-hybridized carbons (Fsp3) is 0.176. The first kappa shape index (κ1) is 12.6. The van der Waals surface area contributed by atoms with Gasteiger partial charge in [0, 0.05) is 6.42 Å². The van der Waals surface area contributed by atoms with Gasteiger partial charge in [0.1, 0.15) is 0 Å². The lowest BCUT2D eigenvalue weighted by Crippen LogP contribution is -2.29. The number of aryl methyl sites for hydroxylation is 1. The summed E-state index contributed by atoms with van der Waals surface area (Å²) in [7, 11) is 0. The van der Waals surface area contributed by atoms with Gasteiger partial charge in [0.15, 0.2) is 0 Å². The van der Waals surface area contributed by atoms with Crippen LogP contribution in [0.5, 0.6) is 0 Å². The number of carbonyl (C=O) groups excluding carboxylic acids is 2. The van der Waals surface area contributed by atoms with Gasteiger partial charge in [-0.25, -0.2) is 0 Å². The van der Waals surface area contributed by atoms with Crippen molar-refractivity contribution in [2.24, 2.45) is 0 Å². The molecule has 1 heterocycles. The van der Waals surface area contributed by atoms with E-state index in [1.807, 2.05) is 49.4 Å². The highest BCUT2D eigenvalue weighted by Gasteiger charge is 2.40. The number of imide groups is 1. The number of carbonyl (C=O) groups is 2. The van der Waals surface area contributed by atoms with Crippen LogP contribution in [0.1, 0.15) is 23.5 Å². The van der Waals surface area contributed by atoms with Gasteiger partial charge in [0.05, 0.1) is 11.6 Å². The molecule has 1 saturated heterocycles. The molecule has 3 nitrogen and oxygen atoms in total. The Kier molecular flexibility index (Phi) is 3.11. The Labute approximate surface area is 117 Å². The number of rotatable bonds is 2. The van der Waals surface area contributed by atoms with Crippen LogP contribution in [0.25, 0.3) is 0 Å². The number of hydrogen-bond donors (Lipinski definition) is 0. The van der Waals surface area contributed by atoms with Crippen LogP contribution < -0.4 is 4.90 Å². The second-order valence-electron chi connectivity index (χ2n) is 5.07. The number of benzene rings is 2. The summed E-state index contributed by atoms with van der Waals surface area (Å²) in [4.78, 5) is 25.9. The third kappa shape index (κ3) is 2.11. The topological polar surface area (TPSA) is 37.4 Å². The van der Waals surface area contributed by atoms with Gasteiger partial charge < -0.3 is 0 Å². The van der Waals surface area contributed by atoms with Crippen molar-refractivity contribution in [1.29, 1.82) is 0 Å². The highest BCUT2D eigenvalue weighted by molar-refractivity contribution is 6.22. The van der Waals surface area contributed by atoms with Crippen LogP contribution in [0.2, 0.25) is 0 Å². The van der Waals surface area contributed by atoms with Crippen molar-refractivity contribution in [2.45, 2.75) is 19.3 Å². The Morgan fingerprint density at radius 2 is 1.60 bits per heavy atom. The minimum absolute atomic E-state index is 0.133. The highest BCUT2D eigenvalue weighted by atomic mass is 16.2. The number of para-hydroxylation sites is 1. The standard InChI is InChI=1S/C17H15NO2/c1-12-7-9-13(10-8-12)15-11-16(19)18(17(15)20)14-5-3-2-4-6-14/h2-10,15H,11H2,1H3. The Bertz CT molecular complexity index is 646.